The molecule has 3 heteroatoms. The number of ketones is 1. The lowest BCUT2D eigenvalue weighted by atomic mass is 10.0. The van der Waals surface area contributed by atoms with Gasteiger partial charge in [0, 0.05) is 13.0 Å². The third-order valence-corrected chi connectivity index (χ3v) is 5.75. The van der Waals surface area contributed by atoms with Crippen LogP contribution >= 0.6 is 0 Å². The van der Waals surface area contributed by atoms with E-state index in [1.807, 2.05) is 0 Å². The van der Waals surface area contributed by atoms with Gasteiger partial charge in [-0.3, -0.25) is 9.69 Å². The van der Waals surface area contributed by atoms with Crippen LogP contribution in [-0.4, -0.2) is 36.4 Å². The summed E-state index contributed by atoms with van der Waals surface area (Å²) in [7, 11) is 0. The fraction of sp³-hybridized carbons (Fsp3) is 0.880. The average Bonchev–Trinajstić information content (AvgIpc) is 2.71. The summed E-state index contributed by atoms with van der Waals surface area (Å²) < 4.78 is 0. The van der Waals surface area contributed by atoms with Crippen molar-refractivity contribution in [2.24, 2.45) is 5.73 Å². The molecular weight excluding hydrogens is 344 g/mol. The standard InChI is InChI=1S/C25H50N2O/c1-4-6-7-8-9-10-11-12-13-14-15-16-17-18-19-21-25(28)24(3)27(5-2)23-20-22-26/h12-13,24H,4-11,14-23,26H2,1-3H3/b13-12-. The van der Waals surface area contributed by atoms with Crippen LogP contribution in [0.2, 0.25) is 0 Å². The largest absolute Gasteiger partial charge is 0.330 e. The molecule has 0 rings (SSSR count). The Kier molecular flexibility index (Phi) is 20.5. The molecule has 28 heavy (non-hydrogen) atoms. The number of carbonyl (C=O) groups excluding carboxylic acids is 1. The van der Waals surface area contributed by atoms with Crippen molar-refractivity contribution >= 4 is 5.78 Å². The van der Waals surface area contributed by atoms with Crippen LogP contribution < -0.4 is 5.73 Å². The van der Waals surface area contributed by atoms with Gasteiger partial charge in [0.05, 0.1) is 6.04 Å². The highest BCUT2D eigenvalue weighted by Crippen LogP contribution is 2.12. The van der Waals surface area contributed by atoms with Crippen molar-refractivity contribution in [3.05, 3.63) is 12.2 Å². The molecule has 0 aromatic rings. The molecule has 0 aromatic heterocycles. The number of rotatable bonds is 21. The lowest BCUT2D eigenvalue weighted by Gasteiger charge is -2.26. The predicted octanol–water partition coefficient (Wildman–Crippen LogP) is 6.65. The van der Waals surface area contributed by atoms with Gasteiger partial charge in [0.1, 0.15) is 5.78 Å². The van der Waals surface area contributed by atoms with Gasteiger partial charge in [-0.2, -0.15) is 0 Å². The molecule has 0 aliphatic carbocycles. The lowest BCUT2D eigenvalue weighted by molar-refractivity contribution is -0.123. The Labute approximate surface area is 176 Å². The number of nitrogens with zero attached hydrogens (tertiary/aromatic N) is 1. The van der Waals surface area contributed by atoms with E-state index < -0.39 is 0 Å². The van der Waals surface area contributed by atoms with Crippen LogP contribution in [0.15, 0.2) is 12.2 Å². The summed E-state index contributed by atoms with van der Waals surface area (Å²) in [5.41, 5.74) is 5.59. The van der Waals surface area contributed by atoms with E-state index in [0.717, 1.165) is 32.4 Å². The average molecular weight is 395 g/mol. The fourth-order valence-corrected chi connectivity index (χ4v) is 3.70. The Hall–Kier alpha value is -0.670. The molecule has 1 unspecified atom stereocenters. The van der Waals surface area contributed by atoms with E-state index in [9.17, 15) is 4.79 Å². The first-order chi connectivity index (χ1) is 13.7. The van der Waals surface area contributed by atoms with Crippen molar-refractivity contribution in [2.75, 3.05) is 19.6 Å². The van der Waals surface area contributed by atoms with Crippen LogP contribution in [0, 0.1) is 0 Å². The topological polar surface area (TPSA) is 46.3 Å². The lowest BCUT2D eigenvalue weighted by Crippen LogP contribution is -2.40. The molecule has 0 amide bonds. The van der Waals surface area contributed by atoms with Crippen LogP contribution in [0.5, 0.6) is 0 Å². The zero-order valence-corrected chi connectivity index (χ0v) is 19.4. The molecule has 0 spiro atoms. The molecule has 2 N–H and O–H groups in total. The van der Waals surface area contributed by atoms with Crippen molar-refractivity contribution in [3.8, 4) is 0 Å². The summed E-state index contributed by atoms with van der Waals surface area (Å²) in [5, 5.41) is 0. The van der Waals surface area contributed by atoms with Gasteiger partial charge >= 0.3 is 0 Å². The second-order valence-electron chi connectivity index (χ2n) is 8.25. The molecule has 0 aliphatic rings. The molecule has 0 heterocycles. The monoisotopic (exact) mass is 394 g/mol. The minimum atomic E-state index is 0.0494. The number of unbranched alkanes of at least 4 members (excludes halogenated alkanes) is 11. The molecule has 166 valence electrons. The van der Waals surface area contributed by atoms with E-state index in [1.165, 1.54) is 77.0 Å². The molecule has 0 bridgehead atoms. The molecule has 1 atom stereocenters. The molecule has 0 saturated heterocycles. The number of Topliss-reactive ketones (excluding diaryl/α,β-unsaturated/α-hetero) is 1. The maximum Gasteiger partial charge on any atom is 0.149 e. The second-order valence-corrected chi connectivity index (χ2v) is 8.25. The van der Waals surface area contributed by atoms with E-state index >= 15 is 0 Å². The van der Waals surface area contributed by atoms with Crippen LogP contribution in [0.3, 0.4) is 0 Å². The van der Waals surface area contributed by atoms with Crippen molar-refractivity contribution in [1.29, 1.82) is 0 Å². The highest BCUT2D eigenvalue weighted by Gasteiger charge is 2.18. The Morgan fingerprint density at radius 3 is 1.89 bits per heavy atom. The minimum absolute atomic E-state index is 0.0494. The molecule has 0 saturated carbocycles. The molecule has 0 fully saturated rings. The predicted molar refractivity (Wildman–Crippen MR) is 125 cm³/mol. The van der Waals surface area contributed by atoms with Gasteiger partial charge in [0.25, 0.3) is 0 Å². The Morgan fingerprint density at radius 2 is 1.36 bits per heavy atom. The van der Waals surface area contributed by atoms with Crippen molar-refractivity contribution in [3.63, 3.8) is 0 Å². The van der Waals surface area contributed by atoms with Gasteiger partial charge in [0.2, 0.25) is 0 Å². The quantitative estimate of drug-likeness (QED) is 0.175. The summed E-state index contributed by atoms with van der Waals surface area (Å²) in [6, 6.07) is 0.0494. The van der Waals surface area contributed by atoms with Crippen LogP contribution in [-0.2, 0) is 4.79 Å². The Morgan fingerprint density at radius 1 is 0.821 bits per heavy atom. The number of carbonyl (C=O) groups is 1. The number of nitrogens with two attached hydrogens (primary N) is 1. The van der Waals surface area contributed by atoms with Crippen molar-refractivity contribution in [2.45, 2.75) is 123 Å². The Balaban J connectivity index is 3.51. The summed E-state index contributed by atoms with van der Waals surface area (Å²) >= 11 is 0. The van der Waals surface area contributed by atoms with E-state index in [-0.39, 0.29) is 6.04 Å². The third-order valence-electron chi connectivity index (χ3n) is 5.75. The third kappa shape index (κ3) is 16.3. The van der Waals surface area contributed by atoms with Crippen LogP contribution in [0.4, 0.5) is 0 Å². The maximum atomic E-state index is 12.4. The number of allylic oxidation sites excluding steroid dienone is 2. The summed E-state index contributed by atoms with van der Waals surface area (Å²) in [6.45, 7) is 9.02. The minimum Gasteiger partial charge on any atom is -0.330 e. The fourth-order valence-electron chi connectivity index (χ4n) is 3.70. The first-order valence-corrected chi connectivity index (χ1v) is 12.3. The Bertz CT molecular complexity index is 368. The molecule has 0 aliphatic heterocycles. The number of likely N-dealkylation sites (N-methyl/N-ethyl adjacent to an activating group) is 1. The number of hydrogen-bond donors (Lipinski definition) is 1. The van der Waals surface area contributed by atoms with Gasteiger partial charge in [-0.1, -0.05) is 77.4 Å². The highest BCUT2D eigenvalue weighted by atomic mass is 16.1. The summed E-state index contributed by atoms with van der Waals surface area (Å²) in [4.78, 5) is 14.6. The molecule has 0 aromatic carbocycles. The zero-order chi connectivity index (χ0) is 20.9. The molecular formula is C25H50N2O. The van der Waals surface area contributed by atoms with Crippen molar-refractivity contribution in [1.82, 2.24) is 4.90 Å². The SMILES string of the molecule is CCCCCCCC/C=C\CCCCCCCC(=O)C(C)N(CC)CCCN. The van der Waals surface area contributed by atoms with Gasteiger partial charge in [-0.15, -0.1) is 0 Å². The summed E-state index contributed by atoms with van der Waals surface area (Å²) in [5.74, 6) is 0.400. The van der Waals surface area contributed by atoms with Gasteiger partial charge in [0.15, 0.2) is 0 Å². The number of hydrogen-bond acceptors (Lipinski definition) is 3. The first-order valence-electron chi connectivity index (χ1n) is 12.3. The van der Waals surface area contributed by atoms with E-state index in [0.29, 0.717) is 12.3 Å². The normalized spacial score (nSPS) is 12.9. The second kappa shape index (κ2) is 21.0. The zero-order valence-electron chi connectivity index (χ0n) is 19.4. The van der Waals surface area contributed by atoms with Crippen LogP contribution in [0.1, 0.15) is 117 Å². The van der Waals surface area contributed by atoms with Crippen LogP contribution in [0.25, 0.3) is 0 Å². The van der Waals surface area contributed by atoms with E-state index in [2.05, 4.69) is 37.8 Å². The van der Waals surface area contributed by atoms with Gasteiger partial charge in [-0.05, 0) is 58.5 Å². The molecule has 3 nitrogen and oxygen atoms in total. The first kappa shape index (κ1) is 27.3. The van der Waals surface area contributed by atoms with Crippen molar-refractivity contribution < 1.29 is 4.79 Å². The maximum absolute atomic E-state index is 12.4. The summed E-state index contributed by atoms with van der Waals surface area (Å²) in [6.07, 6.45) is 23.3. The van der Waals surface area contributed by atoms with Gasteiger partial charge < -0.3 is 5.73 Å². The molecule has 0 radical (unpaired) electrons. The van der Waals surface area contributed by atoms with E-state index in [1.54, 1.807) is 0 Å². The highest BCUT2D eigenvalue weighted by molar-refractivity contribution is 5.83. The smallest absolute Gasteiger partial charge is 0.149 e. The van der Waals surface area contributed by atoms with E-state index in [4.69, 9.17) is 5.73 Å². The van der Waals surface area contributed by atoms with Gasteiger partial charge in [-0.25, -0.2) is 0 Å².